The summed E-state index contributed by atoms with van der Waals surface area (Å²) in [7, 11) is 0. The molecule has 1 N–H and O–H groups in total. The van der Waals surface area contributed by atoms with Crippen LogP contribution in [0.4, 0.5) is 16.2 Å². The lowest BCUT2D eigenvalue weighted by Gasteiger charge is -2.20. The van der Waals surface area contributed by atoms with E-state index in [4.69, 9.17) is 4.74 Å². The van der Waals surface area contributed by atoms with Gasteiger partial charge >= 0.3 is 6.09 Å². The van der Waals surface area contributed by atoms with Gasteiger partial charge in [-0.25, -0.2) is 4.79 Å². The highest BCUT2D eigenvalue weighted by Crippen LogP contribution is 2.28. The molecule has 8 heteroatoms. The zero-order chi connectivity index (χ0) is 15.5. The van der Waals surface area contributed by atoms with E-state index in [1.807, 2.05) is 0 Å². The third-order valence-corrected chi connectivity index (χ3v) is 2.09. The number of anilines is 1. The number of nitrogens with zero attached hydrogens (tertiary/aromatic N) is 1. The standard InChI is InChI=1S/C12H14N2O6/c1-12(2,3)20-11(17)13-9-7(10(15)16)5-4-6-8(9)14(18)19/h4-6H,1-3H3,(H,13,17)(H,15,16)/p-1. The third kappa shape index (κ3) is 3.94. The van der Waals surface area contributed by atoms with Crippen LogP contribution in [0.2, 0.25) is 0 Å². The average molecular weight is 281 g/mol. The molecular formula is C12H13N2O6-. The van der Waals surface area contributed by atoms with Crippen LogP contribution in [-0.4, -0.2) is 22.6 Å². The summed E-state index contributed by atoms with van der Waals surface area (Å²) < 4.78 is 4.93. The Balaban J connectivity index is 3.18. The van der Waals surface area contributed by atoms with E-state index in [0.717, 1.165) is 12.1 Å². The number of hydrogen-bond acceptors (Lipinski definition) is 6. The van der Waals surface area contributed by atoms with Gasteiger partial charge in [-0.15, -0.1) is 0 Å². The normalized spacial score (nSPS) is 10.8. The smallest absolute Gasteiger partial charge is 0.412 e. The summed E-state index contributed by atoms with van der Waals surface area (Å²) in [5.41, 5.74) is -2.34. The highest BCUT2D eigenvalue weighted by atomic mass is 16.6. The number of carboxylic acid groups (broad SMARTS) is 1. The molecule has 0 saturated carbocycles. The summed E-state index contributed by atoms with van der Waals surface area (Å²) in [6.07, 6.45) is -0.991. The minimum Gasteiger partial charge on any atom is -0.545 e. The summed E-state index contributed by atoms with van der Waals surface area (Å²) in [5.74, 6) is -1.64. The van der Waals surface area contributed by atoms with E-state index in [-0.39, 0.29) is 0 Å². The molecule has 20 heavy (non-hydrogen) atoms. The van der Waals surface area contributed by atoms with Crippen LogP contribution in [0.1, 0.15) is 31.1 Å². The van der Waals surface area contributed by atoms with Crippen LogP contribution >= 0.6 is 0 Å². The van der Waals surface area contributed by atoms with Crippen LogP contribution in [0.3, 0.4) is 0 Å². The Morgan fingerprint density at radius 1 is 1.30 bits per heavy atom. The molecule has 0 fully saturated rings. The van der Waals surface area contributed by atoms with Gasteiger partial charge in [-0.1, -0.05) is 12.1 Å². The molecule has 0 aliphatic carbocycles. The Hall–Kier alpha value is -2.64. The molecule has 0 aliphatic heterocycles. The van der Waals surface area contributed by atoms with Crippen molar-refractivity contribution in [2.45, 2.75) is 26.4 Å². The Morgan fingerprint density at radius 2 is 1.90 bits per heavy atom. The first-order valence-corrected chi connectivity index (χ1v) is 5.60. The molecule has 0 unspecified atom stereocenters. The second kappa shape index (κ2) is 5.55. The van der Waals surface area contributed by atoms with Gasteiger partial charge in [0.25, 0.3) is 5.69 Å². The molecule has 0 atom stereocenters. The fourth-order valence-electron chi connectivity index (χ4n) is 1.40. The van der Waals surface area contributed by atoms with Crippen molar-refractivity contribution in [3.05, 3.63) is 33.9 Å². The van der Waals surface area contributed by atoms with Crippen molar-refractivity contribution in [2.24, 2.45) is 0 Å². The number of carbonyl (C=O) groups is 2. The molecule has 1 amide bonds. The van der Waals surface area contributed by atoms with Crippen LogP contribution in [0.15, 0.2) is 18.2 Å². The van der Waals surface area contributed by atoms with Gasteiger partial charge in [-0.2, -0.15) is 0 Å². The quantitative estimate of drug-likeness (QED) is 0.658. The minimum atomic E-state index is -1.64. The van der Waals surface area contributed by atoms with Crippen molar-refractivity contribution in [1.82, 2.24) is 0 Å². The highest BCUT2D eigenvalue weighted by Gasteiger charge is 2.23. The van der Waals surface area contributed by atoms with E-state index in [0.29, 0.717) is 0 Å². The zero-order valence-electron chi connectivity index (χ0n) is 11.1. The van der Waals surface area contributed by atoms with Crippen molar-refractivity contribution >= 4 is 23.4 Å². The summed E-state index contributed by atoms with van der Waals surface area (Å²) in [5, 5.41) is 23.9. The number of rotatable bonds is 3. The molecule has 0 aliphatic rings. The van der Waals surface area contributed by atoms with Crippen LogP contribution in [0.5, 0.6) is 0 Å². The van der Waals surface area contributed by atoms with Crippen molar-refractivity contribution < 1.29 is 24.4 Å². The van der Waals surface area contributed by atoms with Crippen LogP contribution in [-0.2, 0) is 4.74 Å². The van der Waals surface area contributed by atoms with E-state index in [9.17, 15) is 24.8 Å². The summed E-state index contributed by atoms with van der Waals surface area (Å²) in [4.78, 5) is 32.6. The molecule has 0 heterocycles. The van der Waals surface area contributed by atoms with E-state index in [1.54, 1.807) is 20.8 Å². The van der Waals surface area contributed by atoms with Crippen molar-refractivity contribution in [2.75, 3.05) is 5.32 Å². The molecule has 1 aromatic rings. The Labute approximate surface area is 114 Å². The first kappa shape index (κ1) is 15.4. The number of nitrogens with one attached hydrogen (secondary N) is 1. The summed E-state index contributed by atoms with van der Waals surface area (Å²) in [6.45, 7) is 4.81. The van der Waals surface area contributed by atoms with Crippen molar-refractivity contribution in [3.8, 4) is 0 Å². The second-order valence-electron chi connectivity index (χ2n) is 4.87. The predicted octanol–water partition coefficient (Wildman–Crippen LogP) is 1.31. The van der Waals surface area contributed by atoms with Crippen LogP contribution in [0, 0.1) is 10.1 Å². The number of amides is 1. The molecule has 0 saturated heterocycles. The van der Waals surface area contributed by atoms with Crippen molar-refractivity contribution in [1.29, 1.82) is 0 Å². The van der Waals surface area contributed by atoms with Gasteiger partial charge < -0.3 is 14.6 Å². The van der Waals surface area contributed by atoms with Crippen molar-refractivity contribution in [3.63, 3.8) is 0 Å². The van der Waals surface area contributed by atoms with Gasteiger partial charge in [-0.3, -0.25) is 15.4 Å². The first-order valence-electron chi connectivity index (χ1n) is 5.60. The van der Waals surface area contributed by atoms with Gasteiger partial charge in [-0.05, 0) is 20.8 Å². The molecule has 0 radical (unpaired) electrons. The number of ether oxygens (including phenoxy) is 1. The SMILES string of the molecule is CC(C)(C)OC(=O)Nc1c(C(=O)[O-])cccc1[N+](=O)[O-]. The maximum absolute atomic E-state index is 11.6. The maximum Gasteiger partial charge on any atom is 0.412 e. The number of hydrogen-bond donors (Lipinski definition) is 1. The molecule has 8 nitrogen and oxygen atoms in total. The lowest BCUT2D eigenvalue weighted by Crippen LogP contribution is -2.29. The third-order valence-electron chi connectivity index (χ3n) is 2.09. The largest absolute Gasteiger partial charge is 0.545 e. The van der Waals surface area contributed by atoms with Gasteiger partial charge in [0.2, 0.25) is 0 Å². The fourth-order valence-corrected chi connectivity index (χ4v) is 1.40. The number of carboxylic acids is 1. The molecule has 1 rings (SSSR count). The van der Waals surface area contributed by atoms with Gasteiger partial charge in [0.05, 0.1) is 10.9 Å². The molecule has 108 valence electrons. The number of nitro benzene ring substituents is 1. The van der Waals surface area contributed by atoms with Gasteiger partial charge in [0.1, 0.15) is 11.3 Å². The molecular weight excluding hydrogens is 268 g/mol. The van der Waals surface area contributed by atoms with E-state index in [1.165, 1.54) is 6.07 Å². The summed E-state index contributed by atoms with van der Waals surface area (Å²) in [6, 6.07) is 3.34. The van der Waals surface area contributed by atoms with Gasteiger partial charge in [0, 0.05) is 11.6 Å². The fraction of sp³-hybridized carbons (Fsp3) is 0.333. The number of para-hydroxylation sites is 1. The molecule has 0 spiro atoms. The lowest BCUT2D eigenvalue weighted by atomic mass is 10.1. The monoisotopic (exact) mass is 281 g/mol. The van der Waals surface area contributed by atoms with E-state index in [2.05, 4.69) is 5.32 Å². The van der Waals surface area contributed by atoms with E-state index < -0.39 is 39.5 Å². The lowest BCUT2D eigenvalue weighted by molar-refractivity contribution is -0.384. The number of aromatic carboxylic acids is 1. The highest BCUT2D eigenvalue weighted by molar-refractivity contribution is 6.00. The molecule has 1 aromatic carbocycles. The number of carbonyl (C=O) groups excluding carboxylic acids is 2. The Kier molecular flexibility index (Phi) is 4.28. The van der Waals surface area contributed by atoms with E-state index >= 15 is 0 Å². The zero-order valence-corrected chi connectivity index (χ0v) is 11.1. The maximum atomic E-state index is 11.6. The van der Waals surface area contributed by atoms with Gasteiger partial charge in [0.15, 0.2) is 0 Å². The Bertz CT molecular complexity index is 529. The second-order valence-corrected chi connectivity index (χ2v) is 4.87. The topological polar surface area (TPSA) is 122 Å². The number of nitro groups is 1. The van der Waals surface area contributed by atoms with Crippen LogP contribution in [0.25, 0.3) is 0 Å². The number of benzene rings is 1. The average Bonchev–Trinajstić information content (AvgIpc) is 2.25. The minimum absolute atomic E-state index is 0.466. The first-order chi connectivity index (χ1) is 9.11. The molecule has 0 bridgehead atoms. The van der Waals surface area contributed by atoms with Crippen LogP contribution < -0.4 is 10.4 Å². The summed E-state index contributed by atoms with van der Waals surface area (Å²) >= 11 is 0. The predicted molar refractivity (Wildman–Crippen MR) is 67.3 cm³/mol. The Morgan fingerprint density at radius 3 is 2.35 bits per heavy atom. The molecule has 0 aromatic heterocycles.